The molecule has 1 aliphatic heterocycles. The monoisotopic (exact) mass is 271 g/mol. The molecule has 2 fully saturated rings. The number of fused-ring (bicyclic) bond motifs is 2. The molecule has 2 heterocycles. The van der Waals surface area contributed by atoms with Gasteiger partial charge < -0.3 is 10.1 Å². The minimum absolute atomic E-state index is 0.304. The van der Waals surface area contributed by atoms with E-state index in [2.05, 4.69) is 21.0 Å². The van der Waals surface area contributed by atoms with Crippen molar-refractivity contribution in [3.05, 3.63) is 0 Å². The largest absolute Gasteiger partial charge is 0.470 e. The lowest BCUT2D eigenvalue weighted by atomic mass is 10.1. The number of hydrogen-bond acceptors (Lipinski definition) is 6. The molecule has 6 heteroatoms. The maximum atomic E-state index is 6.03. The Hall–Kier alpha value is -0.330. The van der Waals surface area contributed by atoms with Crippen LogP contribution in [0.25, 0.3) is 0 Å². The van der Waals surface area contributed by atoms with E-state index in [9.17, 15) is 0 Å². The fraction of sp³-hybridized carbons (Fsp3) is 0.818. The summed E-state index contributed by atoms with van der Waals surface area (Å²) in [4.78, 5) is 0. The van der Waals surface area contributed by atoms with Crippen LogP contribution in [0.3, 0.4) is 0 Å². The van der Waals surface area contributed by atoms with E-state index in [1.54, 1.807) is 11.8 Å². The van der Waals surface area contributed by atoms with Crippen molar-refractivity contribution in [2.45, 2.75) is 43.4 Å². The number of nitrogens with one attached hydrogen (secondary N) is 1. The lowest BCUT2D eigenvalue weighted by Crippen LogP contribution is -2.40. The van der Waals surface area contributed by atoms with Gasteiger partial charge in [0.25, 0.3) is 5.88 Å². The van der Waals surface area contributed by atoms with Crippen LogP contribution in [0, 0.1) is 5.92 Å². The third kappa shape index (κ3) is 2.44. The van der Waals surface area contributed by atoms with Gasteiger partial charge in [-0.15, -0.1) is 4.37 Å². The van der Waals surface area contributed by atoms with Gasteiger partial charge >= 0.3 is 0 Å². The molecule has 1 aliphatic carbocycles. The average molecular weight is 271 g/mol. The lowest BCUT2D eigenvalue weighted by molar-refractivity contribution is 0.149. The van der Waals surface area contributed by atoms with Gasteiger partial charge in [-0.3, -0.25) is 0 Å². The van der Waals surface area contributed by atoms with E-state index in [0.717, 1.165) is 35.5 Å². The molecular formula is C11H17N3OS2. The fourth-order valence-corrected chi connectivity index (χ4v) is 3.98. The highest BCUT2D eigenvalue weighted by atomic mass is 32.2. The second kappa shape index (κ2) is 5.12. The fourth-order valence-electron chi connectivity index (χ4n) is 2.60. The van der Waals surface area contributed by atoms with Gasteiger partial charge in [0.1, 0.15) is 6.10 Å². The van der Waals surface area contributed by atoms with Gasteiger partial charge in [-0.05, 0) is 37.5 Å². The molecule has 3 rings (SSSR count). The van der Waals surface area contributed by atoms with Gasteiger partial charge in [-0.2, -0.15) is 4.37 Å². The van der Waals surface area contributed by atoms with Crippen molar-refractivity contribution in [1.29, 1.82) is 0 Å². The third-order valence-electron chi connectivity index (χ3n) is 3.41. The molecule has 0 spiro atoms. The summed E-state index contributed by atoms with van der Waals surface area (Å²) in [6.07, 6.45) is 3.89. The Kier molecular flexibility index (Phi) is 3.54. The van der Waals surface area contributed by atoms with Crippen molar-refractivity contribution in [2.24, 2.45) is 5.92 Å². The summed E-state index contributed by atoms with van der Waals surface area (Å²) in [6, 6.07) is 0.533. The van der Waals surface area contributed by atoms with Crippen LogP contribution in [-0.4, -0.2) is 33.2 Å². The molecule has 1 aromatic rings. The van der Waals surface area contributed by atoms with Crippen LogP contribution >= 0.6 is 23.5 Å². The van der Waals surface area contributed by atoms with E-state index >= 15 is 0 Å². The lowest BCUT2D eigenvalue weighted by Gasteiger charge is -2.22. The number of hydrogen-bond donors (Lipinski definition) is 1. The molecular weight excluding hydrogens is 254 g/mol. The molecule has 94 valence electrons. The molecule has 1 aromatic heterocycles. The highest BCUT2D eigenvalue weighted by Crippen LogP contribution is 2.36. The number of aromatic nitrogens is 2. The molecule has 1 N–H and O–H groups in total. The zero-order chi connectivity index (χ0) is 11.7. The SMILES string of the molecule is CCCSc1nsnc1OC1CC2CNC1C2. The predicted octanol–water partition coefficient (Wildman–Crippen LogP) is 2.17. The summed E-state index contributed by atoms with van der Waals surface area (Å²) in [5.41, 5.74) is 0. The Morgan fingerprint density at radius 1 is 1.47 bits per heavy atom. The van der Waals surface area contributed by atoms with Gasteiger partial charge in [0.05, 0.1) is 11.7 Å². The summed E-state index contributed by atoms with van der Waals surface area (Å²) in [6.45, 7) is 3.34. The Morgan fingerprint density at radius 3 is 3.12 bits per heavy atom. The van der Waals surface area contributed by atoms with Gasteiger partial charge in [0.15, 0.2) is 5.03 Å². The average Bonchev–Trinajstić information content (AvgIpc) is 3.02. The second-order valence-electron chi connectivity index (χ2n) is 4.73. The molecule has 3 atom stereocenters. The molecule has 1 saturated carbocycles. The number of rotatable bonds is 5. The summed E-state index contributed by atoms with van der Waals surface area (Å²) in [7, 11) is 0. The quantitative estimate of drug-likeness (QED) is 0.832. The van der Waals surface area contributed by atoms with Gasteiger partial charge in [0, 0.05) is 6.04 Å². The molecule has 0 amide bonds. The first-order valence-corrected chi connectivity index (χ1v) is 7.93. The Morgan fingerprint density at radius 2 is 2.41 bits per heavy atom. The van der Waals surface area contributed by atoms with Crippen LogP contribution < -0.4 is 10.1 Å². The first-order chi connectivity index (χ1) is 8.36. The minimum Gasteiger partial charge on any atom is -0.470 e. The maximum Gasteiger partial charge on any atom is 0.260 e. The first kappa shape index (κ1) is 11.7. The molecule has 2 aliphatic rings. The smallest absolute Gasteiger partial charge is 0.260 e. The van der Waals surface area contributed by atoms with Crippen molar-refractivity contribution in [3.63, 3.8) is 0 Å². The predicted molar refractivity (Wildman–Crippen MR) is 69.9 cm³/mol. The van der Waals surface area contributed by atoms with Crippen molar-refractivity contribution >= 4 is 23.5 Å². The number of nitrogens with zero attached hydrogens (tertiary/aromatic N) is 2. The maximum absolute atomic E-state index is 6.03. The number of piperidine rings is 1. The Balaban J connectivity index is 1.63. The van der Waals surface area contributed by atoms with Crippen LogP contribution in [0.15, 0.2) is 5.03 Å². The highest BCUT2D eigenvalue weighted by Gasteiger charge is 2.41. The van der Waals surface area contributed by atoms with E-state index in [1.807, 2.05) is 0 Å². The van der Waals surface area contributed by atoms with E-state index < -0.39 is 0 Å². The van der Waals surface area contributed by atoms with Gasteiger partial charge in [-0.1, -0.05) is 18.7 Å². The van der Waals surface area contributed by atoms with Crippen LogP contribution in [0.4, 0.5) is 0 Å². The van der Waals surface area contributed by atoms with E-state index in [4.69, 9.17) is 4.74 Å². The normalized spacial score (nSPS) is 31.0. The molecule has 2 bridgehead atoms. The zero-order valence-corrected chi connectivity index (χ0v) is 11.5. The van der Waals surface area contributed by atoms with Crippen LogP contribution in [0.2, 0.25) is 0 Å². The molecule has 4 nitrogen and oxygen atoms in total. The Labute approximate surface area is 110 Å². The van der Waals surface area contributed by atoms with E-state index in [0.29, 0.717) is 12.1 Å². The van der Waals surface area contributed by atoms with Gasteiger partial charge in [0.2, 0.25) is 0 Å². The molecule has 3 unspecified atom stereocenters. The van der Waals surface area contributed by atoms with Crippen LogP contribution in [0.1, 0.15) is 26.2 Å². The summed E-state index contributed by atoms with van der Waals surface area (Å²) < 4.78 is 14.6. The Bertz CT molecular complexity index is 385. The second-order valence-corrected chi connectivity index (χ2v) is 6.34. The zero-order valence-electron chi connectivity index (χ0n) is 9.89. The molecule has 17 heavy (non-hydrogen) atoms. The molecule has 0 radical (unpaired) electrons. The number of thioether (sulfide) groups is 1. The molecule has 1 saturated heterocycles. The molecule has 0 aromatic carbocycles. The topological polar surface area (TPSA) is 47.0 Å². The van der Waals surface area contributed by atoms with Crippen LogP contribution in [0.5, 0.6) is 5.88 Å². The first-order valence-electron chi connectivity index (χ1n) is 6.22. The van der Waals surface area contributed by atoms with Crippen LogP contribution in [-0.2, 0) is 0 Å². The highest BCUT2D eigenvalue weighted by molar-refractivity contribution is 7.99. The summed E-state index contributed by atoms with van der Waals surface area (Å²) >= 11 is 3.00. The van der Waals surface area contributed by atoms with Gasteiger partial charge in [-0.25, -0.2) is 0 Å². The van der Waals surface area contributed by atoms with E-state index in [1.165, 1.54) is 24.6 Å². The van der Waals surface area contributed by atoms with Crippen molar-refractivity contribution in [3.8, 4) is 5.88 Å². The summed E-state index contributed by atoms with van der Waals surface area (Å²) in [5, 5.41) is 4.48. The van der Waals surface area contributed by atoms with E-state index in [-0.39, 0.29) is 0 Å². The van der Waals surface area contributed by atoms with Crippen molar-refractivity contribution in [2.75, 3.05) is 12.3 Å². The van der Waals surface area contributed by atoms with Crippen molar-refractivity contribution < 1.29 is 4.74 Å². The standard InChI is InChI=1S/C11H17N3OS2/c1-2-3-16-11-10(13-17-14-11)15-9-5-7-4-8(9)12-6-7/h7-9,12H,2-6H2,1H3. The minimum atomic E-state index is 0.304. The summed E-state index contributed by atoms with van der Waals surface area (Å²) in [5.74, 6) is 2.65. The third-order valence-corrected chi connectivity index (χ3v) is 5.19. The number of ether oxygens (including phenoxy) is 1. The van der Waals surface area contributed by atoms with Crippen molar-refractivity contribution in [1.82, 2.24) is 14.1 Å².